The first kappa shape index (κ1) is 29.9. The summed E-state index contributed by atoms with van der Waals surface area (Å²) in [7, 11) is -2.30. The van der Waals surface area contributed by atoms with E-state index in [1.54, 1.807) is 24.3 Å². The molecule has 7 nitrogen and oxygen atoms in total. The van der Waals surface area contributed by atoms with E-state index in [2.05, 4.69) is 43.4 Å². The number of nitrogens with one attached hydrogen (secondary N) is 1. The van der Waals surface area contributed by atoms with Crippen molar-refractivity contribution in [3.8, 4) is 11.1 Å². The highest BCUT2D eigenvalue weighted by molar-refractivity contribution is 7.89. The minimum absolute atomic E-state index is 0.0202. The molecule has 0 fully saturated rings. The first-order valence-electron chi connectivity index (χ1n) is 13.8. The average molecular weight is 565 g/mol. The molecular formula is C32H40N2O5S. The van der Waals surface area contributed by atoms with E-state index in [0.717, 1.165) is 36.0 Å². The third-order valence-corrected chi connectivity index (χ3v) is 9.51. The Balaban J connectivity index is 1.30. The molecule has 8 heteroatoms. The number of carboxylic acids is 1. The lowest BCUT2D eigenvalue weighted by atomic mass is 9.88. The summed E-state index contributed by atoms with van der Waals surface area (Å²) in [6, 6.07) is 22.8. The quantitative estimate of drug-likeness (QED) is 0.282. The van der Waals surface area contributed by atoms with Gasteiger partial charge in [-0.3, -0.25) is 4.79 Å². The van der Waals surface area contributed by atoms with Gasteiger partial charge in [-0.25, -0.2) is 8.42 Å². The Labute approximate surface area is 237 Å². The van der Waals surface area contributed by atoms with E-state index in [1.807, 2.05) is 24.3 Å². The number of rotatable bonds is 13. The van der Waals surface area contributed by atoms with Gasteiger partial charge in [0.1, 0.15) is 0 Å². The van der Waals surface area contributed by atoms with E-state index >= 15 is 0 Å². The molecule has 0 bridgehead atoms. The number of sulfonamides is 1. The molecule has 3 N–H and O–H groups in total. The van der Waals surface area contributed by atoms with Crippen molar-refractivity contribution in [3.63, 3.8) is 0 Å². The average Bonchev–Trinajstić information content (AvgIpc) is 3.32. The van der Waals surface area contributed by atoms with Crippen molar-refractivity contribution in [1.82, 2.24) is 9.62 Å². The zero-order valence-electron chi connectivity index (χ0n) is 23.5. The lowest BCUT2D eigenvalue weighted by Crippen LogP contribution is -2.47. The Bertz CT molecular complexity index is 1390. The van der Waals surface area contributed by atoms with Crippen molar-refractivity contribution in [1.29, 1.82) is 0 Å². The van der Waals surface area contributed by atoms with E-state index < -0.39 is 22.1 Å². The van der Waals surface area contributed by atoms with E-state index in [-0.39, 0.29) is 23.4 Å². The number of hydrogen-bond donors (Lipinski definition) is 3. The summed E-state index contributed by atoms with van der Waals surface area (Å²) in [5, 5.41) is 23.1. The summed E-state index contributed by atoms with van der Waals surface area (Å²) < 4.78 is 27.6. The molecule has 0 heterocycles. The summed E-state index contributed by atoms with van der Waals surface area (Å²) >= 11 is 0. The summed E-state index contributed by atoms with van der Waals surface area (Å²) in [6.45, 7) is 4.54. The molecule has 40 heavy (non-hydrogen) atoms. The second-order valence-electron chi connectivity index (χ2n) is 11.6. The fourth-order valence-electron chi connectivity index (χ4n) is 5.60. The standard InChI is InChI=1S/C32H40N2O5S/c1-32(2,20-24-18-27-8-4-5-9-28(27)19-24)33-21-29(35)22-34(3)40(38,39)30-14-12-25(13-15-30)26-10-6-7-23(17-26)11-16-31(36)37/h4-10,12-15,17,24,29,33,35H,11,16,18-22H2,1-3H3,(H,36,37). The molecule has 1 aliphatic carbocycles. The highest BCUT2D eigenvalue weighted by Gasteiger charge is 2.29. The van der Waals surface area contributed by atoms with Crippen molar-refractivity contribution in [2.45, 2.75) is 62.5 Å². The van der Waals surface area contributed by atoms with Crippen molar-refractivity contribution in [2.75, 3.05) is 20.1 Å². The van der Waals surface area contributed by atoms with Crippen LogP contribution in [0.3, 0.4) is 0 Å². The van der Waals surface area contributed by atoms with Crippen LogP contribution in [0, 0.1) is 5.92 Å². The molecule has 214 valence electrons. The zero-order chi connectivity index (χ0) is 28.9. The molecule has 0 radical (unpaired) electrons. The van der Waals surface area contributed by atoms with Gasteiger partial charge in [0, 0.05) is 32.1 Å². The van der Waals surface area contributed by atoms with Gasteiger partial charge < -0.3 is 15.5 Å². The topological polar surface area (TPSA) is 107 Å². The SMILES string of the molecule is CN(CC(O)CNC(C)(C)CC1Cc2ccccc2C1)S(=O)(=O)c1ccc(-c2cccc(CCC(=O)O)c2)cc1. The lowest BCUT2D eigenvalue weighted by molar-refractivity contribution is -0.136. The molecular weight excluding hydrogens is 524 g/mol. The number of aliphatic carboxylic acids is 1. The molecule has 3 aromatic rings. The van der Waals surface area contributed by atoms with Gasteiger partial charge in [-0.15, -0.1) is 0 Å². The number of β-amino-alcohol motifs (C(OH)–C–C–N with tert-alkyl or cyclic N) is 1. The third kappa shape index (κ3) is 7.79. The van der Waals surface area contributed by atoms with Crippen LogP contribution < -0.4 is 5.32 Å². The zero-order valence-corrected chi connectivity index (χ0v) is 24.3. The van der Waals surface area contributed by atoms with Crippen LogP contribution in [-0.4, -0.2) is 60.7 Å². The molecule has 3 aromatic carbocycles. The normalized spacial score (nSPS) is 14.8. The lowest BCUT2D eigenvalue weighted by Gasteiger charge is -2.31. The van der Waals surface area contributed by atoms with Crippen LogP contribution in [0.4, 0.5) is 0 Å². The Morgan fingerprint density at radius 2 is 1.65 bits per heavy atom. The molecule has 4 rings (SSSR count). The maximum absolute atomic E-state index is 13.2. The second kappa shape index (κ2) is 12.6. The first-order valence-corrected chi connectivity index (χ1v) is 15.2. The maximum Gasteiger partial charge on any atom is 0.303 e. The van der Waals surface area contributed by atoms with Crippen molar-refractivity contribution in [3.05, 3.63) is 89.5 Å². The predicted molar refractivity (Wildman–Crippen MR) is 158 cm³/mol. The number of aryl methyl sites for hydroxylation is 1. The number of aliphatic hydroxyl groups is 1. The minimum atomic E-state index is -3.78. The number of carbonyl (C=O) groups is 1. The van der Waals surface area contributed by atoms with Gasteiger partial charge in [0.15, 0.2) is 0 Å². The monoisotopic (exact) mass is 564 g/mol. The summed E-state index contributed by atoms with van der Waals surface area (Å²) in [5.74, 6) is -0.292. The van der Waals surface area contributed by atoms with Crippen LogP contribution in [0.25, 0.3) is 11.1 Å². The Hall–Kier alpha value is -3.04. The molecule has 0 amide bonds. The Morgan fingerprint density at radius 3 is 2.27 bits per heavy atom. The number of fused-ring (bicyclic) bond motifs is 1. The number of likely N-dealkylation sites (N-methyl/N-ethyl adjacent to an activating group) is 1. The third-order valence-electron chi connectivity index (χ3n) is 7.67. The fourth-order valence-corrected chi connectivity index (χ4v) is 6.81. The molecule has 0 saturated carbocycles. The van der Waals surface area contributed by atoms with E-state index in [0.29, 0.717) is 18.9 Å². The number of carboxylic acid groups (broad SMARTS) is 1. The van der Waals surface area contributed by atoms with Crippen molar-refractivity contribution >= 4 is 16.0 Å². The minimum Gasteiger partial charge on any atom is -0.481 e. The van der Waals surface area contributed by atoms with Gasteiger partial charge in [-0.05, 0) is 85.4 Å². The smallest absolute Gasteiger partial charge is 0.303 e. The largest absolute Gasteiger partial charge is 0.481 e. The van der Waals surface area contributed by atoms with Crippen LogP contribution >= 0.6 is 0 Å². The van der Waals surface area contributed by atoms with Gasteiger partial charge in [0.2, 0.25) is 10.0 Å². The number of hydrogen-bond acceptors (Lipinski definition) is 5. The van der Waals surface area contributed by atoms with Crippen molar-refractivity contribution < 1.29 is 23.4 Å². The maximum atomic E-state index is 13.2. The van der Waals surface area contributed by atoms with Gasteiger partial charge >= 0.3 is 5.97 Å². The summed E-state index contributed by atoms with van der Waals surface area (Å²) in [5.41, 5.74) is 5.31. The van der Waals surface area contributed by atoms with Gasteiger partial charge in [-0.1, -0.05) is 60.7 Å². The summed E-state index contributed by atoms with van der Waals surface area (Å²) in [6.07, 6.45) is 2.74. The van der Waals surface area contributed by atoms with Crippen LogP contribution in [0.2, 0.25) is 0 Å². The highest BCUT2D eigenvalue weighted by Crippen LogP contribution is 2.32. The number of aliphatic hydroxyl groups excluding tert-OH is 1. The summed E-state index contributed by atoms with van der Waals surface area (Å²) in [4.78, 5) is 11.0. The van der Waals surface area contributed by atoms with Crippen LogP contribution in [0.5, 0.6) is 0 Å². The molecule has 0 spiro atoms. The highest BCUT2D eigenvalue weighted by atomic mass is 32.2. The molecule has 0 saturated heterocycles. The van der Waals surface area contributed by atoms with Gasteiger partial charge in [0.25, 0.3) is 0 Å². The van der Waals surface area contributed by atoms with E-state index in [4.69, 9.17) is 5.11 Å². The molecule has 1 unspecified atom stereocenters. The van der Waals surface area contributed by atoms with Gasteiger partial charge in [-0.2, -0.15) is 4.31 Å². The Morgan fingerprint density at radius 1 is 1.00 bits per heavy atom. The van der Waals surface area contributed by atoms with E-state index in [9.17, 15) is 18.3 Å². The number of nitrogens with zero attached hydrogens (tertiary/aromatic N) is 1. The van der Waals surface area contributed by atoms with Crippen molar-refractivity contribution in [2.24, 2.45) is 5.92 Å². The molecule has 1 atom stereocenters. The van der Waals surface area contributed by atoms with Crippen LogP contribution in [0.1, 0.15) is 43.4 Å². The number of benzene rings is 3. The molecule has 0 aromatic heterocycles. The van der Waals surface area contributed by atoms with Gasteiger partial charge in [0.05, 0.1) is 11.0 Å². The predicted octanol–water partition coefficient (Wildman–Crippen LogP) is 4.53. The molecule has 1 aliphatic rings. The Kier molecular flexibility index (Phi) is 9.46. The van der Waals surface area contributed by atoms with Crippen LogP contribution in [-0.2, 0) is 34.1 Å². The fraction of sp³-hybridized carbons (Fsp3) is 0.406. The molecule has 0 aliphatic heterocycles. The van der Waals surface area contributed by atoms with E-state index in [1.165, 1.54) is 22.5 Å². The second-order valence-corrected chi connectivity index (χ2v) is 13.6. The van der Waals surface area contributed by atoms with Crippen LogP contribution in [0.15, 0.2) is 77.7 Å². The first-order chi connectivity index (χ1) is 18.9.